The number of urea groups is 1. The average Bonchev–Trinajstić information content (AvgIpc) is 3.66. The molecule has 9 nitrogen and oxygen atoms in total. The fraction of sp³-hybridized carbons (Fsp3) is 0.406. The molecule has 6 heterocycles. The minimum atomic E-state index is -4.54. The van der Waals surface area contributed by atoms with Gasteiger partial charge in [0, 0.05) is 68.3 Å². The minimum Gasteiger partial charge on any atom is -0.455 e. The molecule has 2 fully saturated rings. The van der Waals surface area contributed by atoms with Crippen LogP contribution in [0.15, 0.2) is 48.8 Å². The fourth-order valence-electron chi connectivity index (χ4n) is 6.94. The number of rotatable bonds is 5. The molecule has 0 unspecified atom stereocenters. The number of halogens is 3. The average molecular weight is 606 g/mol. The fourth-order valence-corrected chi connectivity index (χ4v) is 6.94. The summed E-state index contributed by atoms with van der Waals surface area (Å²) in [7, 11) is 2.06. The number of hydrogen-bond donors (Lipinski definition) is 2. The highest BCUT2D eigenvalue weighted by molar-refractivity contribution is 5.89. The van der Waals surface area contributed by atoms with Crippen LogP contribution in [0.1, 0.15) is 47.3 Å². The number of ether oxygens (including phenoxy) is 1. The number of amides is 2. The summed E-state index contributed by atoms with van der Waals surface area (Å²) in [4.78, 5) is 31.5. The van der Waals surface area contributed by atoms with Crippen LogP contribution in [0.4, 0.5) is 23.7 Å². The maximum absolute atomic E-state index is 14.2. The predicted octanol–water partition coefficient (Wildman–Crippen LogP) is 6.12. The van der Waals surface area contributed by atoms with Gasteiger partial charge >= 0.3 is 12.2 Å². The number of H-pyrrole nitrogens is 1. The highest BCUT2D eigenvalue weighted by Gasteiger charge is 2.42. The van der Waals surface area contributed by atoms with Gasteiger partial charge in [0.15, 0.2) is 0 Å². The Labute approximate surface area is 253 Å². The van der Waals surface area contributed by atoms with E-state index in [0.29, 0.717) is 24.1 Å². The number of aryl methyl sites for hydroxylation is 1. The van der Waals surface area contributed by atoms with Crippen molar-refractivity contribution in [2.75, 3.05) is 32.0 Å². The molecule has 2 saturated heterocycles. The second kappa shape index (κ2) is 10.8. The zero-order valence-electron chi connectivity index (χ0n) is 24.8. The second-order valence-electron chi connectivity index (χ2n) is 12.3. The molecule has 0 aliphatic carbocycles. The summed E-state index contributed by atoms with van der Waals surface area (Å²) >= 11 is 0. The third kappa shape index (κ3) is 5.36. The molecule has 4 aromatic rings. The summed E-state index contributed by atoms with van der Waals surface area (Å²) in [6, 6.07) is 9.94. The van der Waals surface area contributed by atoms with Gasteiger partial charge < -0.3 is 24.8 Å². The zero-order valence-corrected chi connectivity index (χ0v) is 24.8. The lowest BCUT2D eigenvalue weighted by atomic mass is 9.96. The maximum atomic E-state index is 14.2. The number of nitrogens with zero attached hydrogens (tertiary/aromatic N) is 5. The van der Waals surface area contributed by atoms with Gasteiger partial charge in [-0.25, -0.2) is 9.78 Å². The minimum absolute atomic E-state index is 0.0681. The van der Waals surface area contributed by atoms with Gasteiger partial charge in [0.1, 0.15) is 17.1 Å². The van der Waals surface area contributed by atoms with Crippen LogP contribution in [0.25, 0.3) is 11.0 Å². The van der Waals surface area contributed by atoms with E-state index in [0.717, 1.165) is 53.6 Å². The lowest BCUT2D eigenvalue weighted by Gasteiger charge is -2.33. The second-order valence-corrected chi connectivity index (χ2v) is 12.3. The van der Waals surface area contributed by atoms with Crippen LogP contribution in [-0.4, -0.2) is 74.4 Å². The normalized spacial score (nSPS) is 22.0. The molecule has 2 bridgehead atoms. The van der Waals surface area contributed by atoms with Crippen molar-refractivity contribution in [3.8, 4) is 11.5 Å². The van der Waals surface area contributed by atoms with E-state index in [9.17, 15) is 18.0 Å². The van der Waals surface area contributed by atoms with Gasteiger partial charge in [0.2, 0.25) is 0 Å². The van der Waals surface area contributed by atoms with Crippen molar-refractivity contribution >= 4 is 22.8 Å². The number of benzene rings is 1. The Balaban J connectivity index is 1.07. The molecule has 0 radical (unpaired) electrons. The van der Waals surface area contributed by atoms with E-state index < -0.39 is 17.8 Å². The molecule has 12 heteroatoms. The van der Waals surface area contributed by atoms with Crippen LogP contribution in [-0.2, 0) is 19.3 Å². The molecule has 0 spiro atoms. The summed E-state index contributed by atoms with van der Waals surface area (Å²) in [6.07, 6.45) is -0.208. The van der Waals surface area contributed by atoms with Gasteiger partial charge in [-0.05, 0) is 61.9 Å². The summed E-state index contributed by atoms with van der Waals surface area (Å²) in [5.74, 6) is 1.09. The number of likely N-dealkylation sites (tertiary alicyclic amines) is 2. The predicted molar refractivity (Wildman–Crippen MR) is 160 cm³/mol. The number of anilines is 1. The van der Waals surface area contributed by atoms with E-state index in [-0.39, 0.29) is 36.3 Å². The van der Waals surface area contributed by atoms with Crippen molar-refractivity contribution in [2.45, 2.75) is 57.5 Å². The maximum Gasteiger partial charge on any atom is 0.416 e. The Bertz CT molecular complexity index is 1740. The Kier molecular flexibility index (Phi) is 7.00. The first kappa shape index (κ1) is 28.6. The number of fused-ring (bicyclic) bond motifs is 4. The topological polar surface area (TPSA) is 89.6 Å². The van der Waals surface area contributed by atoms with Gasteiger partial charge in [-0.1, -0.05) is 13.0 Å². The lowest BCUT2D eigenvalue weighted by Crippen LogP contribution is -2.44. The smallest absolute Gasteiger partial charge is 0.416 e. The van der Waals surface area contributed by atoms with E-state index in [4.69, 9.17) is 4.74 Å². The molecule has 2 N–H and O–H groups in total. The van der Waals surface area contributed by atoms with Crippen LogP contribution in [0, 0.1) is 6.92 Å². The lowest BCUT2D eigenvalue weighted by molar-refractivity contribution is -0.138. The summed E-state index contributed by atoms with van der Waals surface area (Å²) in [5, 5.41) is 3.56. The number of carbonyl (C=O) groups excluding carboxylic acids is 1. The van der Waals surface area contributed by atoms with Gasteiger partial charge in [-0.2, -0.15) is 13.2 Å². The van der Waals surface area contributed by atoms with Gasteiger partial charge in [-0.3, -0.25) is 9.88 Å². The molecule has 1 aromatic carbocycles. The SMILES string of the molecule is Cc1cc2c(Oc3cnc4c(c3)CN(C(=O)Nc3ccc(CN5C[C@@H]6C[C@H]5CN6C)c(C(F)(F)F)c3)C[C@H]4C)ccnc2[nH]1. The molecule has 230 valence electrons. The number of aromatic nitrogens is 3. The van der Waals surface area contributed by atoms with Crippen LogP contribution >= 0.6 is 0 Å². The first-order valence-electron chi connectivity index (χ1n) is 14.8. The number of nitrogens with one attached hydrogen (secondary N) is 2. The Hall–Kier alpha value is -4.16. The summed E-state index contributed by atoms with van der Waals surface area (Å²) < 4.78 is 48.7. The molecule has 2 amide bonds. The van der Waals surface area contributed by atoms with Crippen molar-refractivity contribution in [1.82, 2.24) is 29.7 Å². The molecule has 3 aromatic heterocycles. The third-order valence-electron chi connectivity index (χ3n) is 9.11. The van der Waals surface area contributed by atoms with Crippen molar-refractivity contribution < 1.29 is 22.7 Å². The molecule has 3 aliphatic heterocycles. The van der Waals surface area contributed by atoms with E-state index in [1.807, 2.05) is 26.0 Å². The molecule has 3 aliphatic rings. The number of likely N-dealkylation sites (N-methyl/N-ethyl adjacent to an activating group) is 1. The van der Waals surface area contributed by atoms with Gasteiger partial charge in [0.05, 0.1) is 22.8 Å². The molecule has 3 atom stereocenters. The van der Waals surface area contributed by atoms with E-state index in [2.05, 4.69) is 37.1 Å². The van der Waals surface area contributed by atoms with E-state index in [1.165, 1.54) is 6.07 Å². The molecule has 44 heavy (non-hydrogen) atoms. The number of carbonyl (C=O) groups is 1. The third-order valence-corrected chi connectivity index (χ3v) is 9.11. The van der Waals surface area contributed by atoms with Crippen molar-refractivity contribution in [2.24, 2.45) is 0 Å². The van der Waals surface area contributed by atoms with E-state index >= 15 is 0 Å². The highest BCUT2D eigenvalue weighted by Crippen LogP contribution is 2.38. The summed E-state index contributed by atoms with van der Waals surface area (Å²) in [5.41, 5.74) is 3.01. The first-order valence-corrected chi connectivity index (χ1v) is 14.8. The first-order chi connectivity index (χ1) is 21.0. The van der Waals surface area contributed by atoms with Crippen LogP contribution in [0.5, 0.6) is 11.5 Å². The quantitative estimate of drug-likeness (QED) is 0.285. The molecular formula is C32H34F3N7O2. The van der Waals surface area contributed by atoms with Crippen LogP contribution < -0.4 is 10.1 Å². The number of pyridine rings is 2. The molecule has 0 saturated carbocycles. The largest absolute Gasteiger partial charge is 0.455 e. The van der Waals surface area contributed by atoms with Crippen LogP contribution in [0.2, 0.25) is 0 Å². The number of hydrogen-bond acceptors (Lipinski definition) is 6. The standard InChI is InChI=1S/C32H34F3N7O2/c1-18-13-42(15-21-9-25(12-37-29(18)21)44-28-6-7-36-30-26(28)8-19(2)38-30)31(43)39-22-5-4-20(27(10-22)32(33,34)35)14-41-17-23-11-24(41)16-40(23)3/h4-10,12,18,23-24H,11,13-17H2,1-3H3,(H,36,38)(H,39,43)/t18-,23+,24+/m1/s1. The Morgan fingerprint density at radius 3 is 2.70 bits per heavy atom. The van der Waals surface area contributed by atoms with Crippen LogP contribution in [0.3, 0.4) is 0 Å². The van der Waals surface area contributed by atoms with Gasteiger partial charge in [-0.15, -0.1) is 0 Å². The number of aromatic amines is 1. The van der Waals surface area contributed by atoms with Crippen molar-refractivity contribution in [1.29, 1.82) is 0 Å². The van der Waals surface area contributed by atoms with Crippen molar-refractivity contribution in [3.05, 3.63) is 76.9 Å². The summed E-state index contributed by atoms with van der Waals surface area (Å²) in [6.45, 7) is 6.44. The van der Waals surface area contributed by atoms with E-state index in [1.54, 1.807) is 29.4 Å². The number of piperazine rings is 1. The van der Waals surface area contributed by atoms with Gasteiger partial charge in [0.25, 0.3) is 0 Å². The Morgan fingerprint density at radius 1 is 1.11 bits per heavy atom. The molecule has 7 rings (SSSR count). The zero-order chi connectivity index (χ0) is 30.7. The number of alkyl halides is 3. The molecular weight excluding hydrogens is 571 g/mol. The van der Waals surface area contributed by atoms with Crippen molar-refractivity contribution in [3.63, 3.8) is 0 Å². The highest BCUT2D eigenvalue weighted by atomic mass is 19.4. The monoisotopic (exact) mass is 605 g/mol. The Morgan fingerprint density at radius 2 is 1.95 bits per heavy atom.